The van der Waals surface area contributed by atoms with Crippen molar-refractivity contribution in [2.75, 3.05) is 0 Å². The lowest BCUT2D eigenvalue weighted by Gasteiger charge is -2.32. The summed E-state index contributed by atoms with van der Waals surface area (Å²) in [6, 6.07) is 0.603. The van der Waals surface area contributed by atoms with Crippen LogP contribution in [0.1, 0.15) is 59.3 Å². The summed E-state index contributed by atoms with van der Waals surface area (Å²) in [5, 5.41) is 3.15. The van der Waals surface area contributed by atoms with Gasteiger partial charge in [-0.2, -0.15) is 0 Å². The normalized spacial score (nSPS) is 21.4. The summed E-state index contributed by atoms with van der Waals surface area (Å²) in [6.45, 7) is 6.17. The molecule has 0 aliphatic heterocycles. The van der Waals surface area contributed by atoms with Crippen LogP contribution >= 0.6 is 0 Å². The topological polar surface area (TPSA) is 55.1 Å². The number of hydrogen-bond acceptors (Lipinski definition) is 2. The van der Waals surface area contributed by atoms with Gasteiger partial charge in [-0.05, 0) is 45.4 Å². The van der Waals surface area contributed by atoms with Gasteiger partial charge in [-0.3, -0.25) is 4.79 Å². The first kappa shape index (κ1) is 14.5. The average Bonchev–Trinajstić information content (AvgIpc) is 2.13. The van der Waals surface area contributed by atoms with Crippen molar-refractivity contribution in [3.8, 4) is 0 Å². The van der Waals surface area contributed by atoms with Crippen molar-refractivity contribution in [2.45, 2.75) is 71.4 Å². The molecule has 100 valence electrons. The third kappa shape index (κ3) is 5.07. The Kier molecular flexibility index (Phi) is 5.96. The van der Waals surface area contributed by atoms with Crippen molar-refractivity contribution in [3.05, 3.63) is 0 Å². The second-order valence-corrected chi connectivity index (χ2v) is 5.80. The van der Waals surface area contributed by atoms with E-state index in [1.54, 1.807) is 0 Å². The number of carbonyl (C=O) groups excluding carboxylic acids is 1. The molecule has 0 aromatic carbocycles. The molecule has 1 aliphatic carbocycles. The number of rotatable bonds is 7. The Hall–Kier alpha value is -0.570. The van der Waals surface area contributed by atoms with Crippen LogP contribution in [0.2, 0.25) is 0 Å². The number of carbonyl (C=O) groups is 1. The molecule has 0 aromatic heterocycles. The number of hydrogen-bond donors (Lipinski definition) is 2. The van der Waals surface area contributed by atoms with E-state index >= 15 is 0 Å². The first-order valence-corrected chi connectivity index (χ1v) is 7.06. The van der Waals surface area contributed by atoms with Crippen LogP contribution in [-0.2, 0) is 4.79 Å². The average molecular weight is 240 g/mol. The second kappa shape index (κ2) is 7.00. The van der Waals surface area contributed by atoms with Crippen LogP contribution in [0.4, 0.5) is 0 Å². The molecule has 1 fully saturated rings. The van der Waals surface area contributed by atoms with Gasteiger partial charge in [0.2, 0.25) is 5.91 Å². The van der Waals surface area contributed by atoms with Gasteiger partial charge >= 0.3 is 0 Å². The third-order valence-electron chi connectivity index (χ3n) is 3.97. The van der Waals surface area contributed by atoms with Gasteiger partial charge in [0, 0.05) is 18.0 Å². The van der Waals surface area contributed by atoms with Gasteiger partial charge in [-0.25, -0.2) is 0 Å². The quantitative estimate of drug-likeness (QED) is 0.718. The molecule has 3 atom stereocenters. The summed E-state index contributed by atoms with van der Waals surface area (Å²) < 4.78 is 0. The summed E-state index contributed by atoms with van der Waals surface area (Å²) in [5.74, 6) is 1.06. The van der Waals surface area contributed by atoms with Gasteiger partial charge < -0.3 is 11.1 Å². The Labute approximate surface area is 106 Å². The van der Waals surface area contributed by atoms with Gasteiger partial charge in [0.05, 0.1) is 0 Å². The Balaban J connectivity index is 2.16. The second-order valence-electron chi connectivity index (χ2n) is 5.80. The Bertz CT molecular complexity index is 236. The van der Waals surface area contributed by atoms with Crippen molar-refractivity contribution in [1.29, 1.82) is 0 Å². The molecule has 0 spiro atoms. The monoisotopic (exact) mass is 240 g/mol. The lowest BCUT2D eigenvalue weighted by Crippen LogP contribution is -2.42. The molecule has 1 aliphatic rings. The summed E-state index contributed by atoms with van der Waals surface area (Å²) in [5.41, 5.74) is 5.70. The fraction of sp³-hybridized carbons (Fsp3) is 0.929. The molecule has 3 nitrogen and oxygen atoms in total. The molecule has 0 bridgehead atoms. The number of nitrogens with one attached hydrogen (secondary N) is 1. The molecule has 1 rings (SSSR count). The predicted octanol–water partition coefficient (Wildman–Crippen LogP) is 2.44. The number of amides is 1. The first-order chi connectivity index (χ1) is 8.00. The van der Waals surface area contributed by atoms with Crippen LogP contribution in [0, 0.1) is 11.8 Å². The summed E-state index contributed by atoms with van der Waals surface area (Å²) >= 11 is 0. The fourth-order valence-electron chi connectivity index (χ4n) is 2.30. The highest BCUT2D eigenvalue weighted by Gasteiger charge is 2.26. The molecule has 0 heterocycles. The molecular formula is C14H28N2O. The summed E-state index contributed by atoms with van der Waals surface area (Å²) in [4.78, 5) is 11.9. The fourth-order valence-corrected chi connectivity index (χ4v) is 2.30. The lowest BCUT2D eigenvalue weighted by atomic mass is 9.80. The molecule has 17 heavy (non-hydrogen) atoms. The Morgan fingerprint density at radius 3 is 2.41 bits per heavy atom. The maximum Gasteiger partial charge on any atom is 0.223 e. The van der Waals surface area contributed by atoms with Crippen molar-refractivity contribution in [3.63, 3.8) is 0 Å². The van der Waals surface area contributed by atoms with Gasteiger partial charge in [0.25, 0.3) is 0 Å². The maximum absolute atomic E-state index is 11.9. The van der Waals surface area contributed by atoms with E-state index in [9.17, 15) is 4.79 Å². The predicted molar refractivity (Wildman–Crippen MR) is 71.6 cm³/mol. The molecule has 3 unspecified atom stereocenters. The smallest absolute Gasteiger partial charge is 0.223 e. The van der Waals surface area contributed by atoms with Gasteiger partial charge in [0.1, 0.15) is 0 Å². The van der Waals surface area contributed by atoms with E-state index in [1.165, 1.54) is 19.3 Å². The van der Waals surface area contributed by atoms with Crippen LogP contribution in [-0.4, -0.2) is 18.0 Å². The van der Waals surface area contributed by atoms with Crippen LogP contribution in [0.3, 0.4) is 0 Å². The largest absolute Gasteiger partial charge is 0.353 e. The zero-order valence-electron chi connectivity index (χ0n) is 11.5. The van der Waals surface area contributed by atoms with Crippen LogP contribution in [0.5, 0.6) is 0 Å². The third-order valence-corrected chi connectivity index (χ3v) is 3.97. The van der Waals surface area contributed by atoms with E-state index in [-0.39, 0.29) is 17.9 Å². The Morgan fingerprint density at radius 1 is 1.29 bits per heavy atom. The molecule has 1 amide bonds. The summed E-state index contributed by atoms with van der Waals surface area (Å²) in [7, 11) is 0. The minimum absolute atomic E-state index is 0.122. The van der Waals surface area contributed by atoms with Crippen molar-refractivity contribution < 1.29 is 4.79 Å². The van der Waals surface area contributed by atoms with Crippen molar-refractivity contribution in [1.82, 2.24) is 5.32 Å². The molecule has 0 radical (unpaired) electrons. The van der Waals surface area contributed by atoms with E-state index in [2.05, 4.69) is 12.2 Å². The molecule has 0 saturated heterocycles. The van der Waals surface area contributed by atoms with Gasteiger partial charge in [0.15, 0.2) is 0 Å². The standard InChI is InChI=1S/C14H28N2O/c1-10(6-4-7-11(2)15)14(17)16-12(3)13-8-5-9-13/h10-13H,4-9,15H2,1-3H3,(H,16,17). The highest BCUT2D eigenvalue weighted by Crippen LogP contribution is 2.29. The van der Waals surface area contributed by atoms with Crippen LogP contribution < -0.4 is 11.1 Å². The van der Waals surface area contributed by atoms with E-state index < -0.39 is 0 Å². The van der Waals surface area contributed by atoms with E-state index in [1.807, 2.05) is 13.8 Å². The van der Waals surface area contributed by atoms with Crippen molar-refractivity contribution in [2.24, 2.45) is 17.6 Å². The first-order valence-electron chi connectivity index (χ1n) is 7.06. The van der Waals surface area contributed by atoms with E-state index in [4.69, 9.17) is 5.73 Å². The zero-order chi connectivity index (χ0) is 12.8. The highest BCUT2D eigenvalue weighted by molar-refractivity contribution is 5.78. The Morgan fingerprint density at radius 2 is 1.94 bits per heavy atom. The lowest BCUT2D eigenvalue weighted by molar-refractivity contribution is -0.125. The molecule has 1 saturated carbocycles. The zero-order valence-corrected chi connectivity index (χ0v) is 11.5. The van der Waals surface area contributed by atoms with Gasteiger partial charge in [-0.1, -0.05) is 19.8 Å². The number of nitrogens with two attached hydrogens (primary N) is 1. The maximum atomic E-state index is 11.9. The molecule has 0 aromatic rings. The molecular weight excluding hydrogens is 212 g/mol. The van der Waals surface area contributed by atoms with Crippen LogP contribution in [0.25, 0.3) is 0 Å². The van der Waals surface area contributed by atoms with E-state index in [0.29, 0.717) is 6.04 Å². The van der Waals surface area contributed by atoms with E-state index in [0.717, 1.165) is 25.2 Å². The minimum atomic E-state index is 0.122. The SMILES string of the molecule is CC(N)CCCC(C)C(=O)NC(C)C1CCC1. The molecule has 3 N–H and O–H groups in total. The summed E-state index contributed by atoms with van der Waals surface area (Å²) in [6.07, 6.45) is 6.89. The highest BCUT2D eigenvalue weighted by atomic mass is 16.1. The minimum Gasteiger partial charge on any atom is -0.353 e. The van der Waals surface area contributed by atoms with Crippen molar-refractivity contribution >= 4 is 5.91 Å². The molecule has 3 heteroatoms. The van der Waals surface area contributed by atoms with Gasteiger partial charge in [-0.15, -0.1) is 0 Å². The van der Waals surface area contributed by atoms with Crippen LogP contribution in [0.15, 0.2) is 0 Å².